The fourth-order valence-electron chi connectivity index (χ4n) is 4.84. The minimum absolute atomic E-state index is 0.342. The van der Waals surface area contributed by atoms with E-state index in [4.69, 9.17) is 17.3 Å². The van der Waals surface area contributed by atoms with Crippen LogP contribution >= 0.6 is 24.8 Å². The lowest BCUT2D eigenvalue weighted by atomic mass is 10.0. The average molecular weight is 530 g/mol. The molecule has 0 aromatic carbocycles. The van der Waals surface area contributed by atoms with Crippen LogP contribution in [0.2, 0.25) is 0 Å². The molecule has 0 aromatic rings. The summed E-state index contributed by atoms with van der Waals surface area (Å²) in [5.41, 5.74) is 0. The minimum atomic E-state index is -0.653. The molecule has 0 saturated carbocycles. The van der Waals surface area contributed by atoms with Gasteiger partial charge in [0.05, 0.1) is 0 Å². The Labute approximate surface area is 229 Å². The van der Waals surface area contributed by atoms with Gasteiger partial charge in [-0.3, -0.25) is 4.79 Å². The minimum Gasteiger partial charge on any atom is -0.481 e. The van der Waals surface area contributed by atoms with Gasteiger partial charge in [0.25, 0.3) is 0 Å². The second-order valence-electron chi connectivity index (χ2n) is 10.6. The quantitative estimate of drug-likeness (QED) is 0.0512. The predicted molar refractivity (Wildman–Crippen MR) is 162 cm³/mol. The van der Waals surface area contributed by atoms with E-state index >= 15 is 0 Å². The lowest BCUT2D eigenvalue weighted by Crippen LogP contribution is -2.17. The topological polar surface area (TPSA) is 49.3 Å². The Morgan fingerprint density at radius 2 is 0.714 bits per heavy atom. The number of thiol groups is 1. The normalized spacial score (nSPS) is 11.1. The van der Waals surface area contributed by atoms with Gasteiger partial charge < -0.3 is 10.4 Å². The van der Waals surface area contributed by atoms with Crippen LogP contribution in [0.3, 0.4) is 0 Å². The molecule has 0 spiro atoms. The first-order chi connectivity index (χ1) is 17.1. The Morgan fingerprint density at radius 3 is 0.943 bits per heavy atom. The number of carbonyl (C=O) groups is 1. The molecule has 0 bridgehead atoms. The summed E-state index contributed by atoms with van der Waals surface area (Å²) >= 11 is 8.96. The van der Waals surface area contributed by atoms with E-state index in [0.717, 1.165) is 19.4 Å². The average Bonchev–Trinajstić information content (AvgIpc) is 2.82. The van der Waals surface area contributed by atoms with Gasteiger partial charge in [0.2, 0.25) is 0 Å². The van der Waals surface area contributed by atoms with E-state index in [1.807, 2.05) is 0 Å². The molecular weight excluding hydrogens is 470 g/mol. The third kappa shape index (κ3) is 33.7. The maximum absolute atomic E-state index is 10.5. The standard InChI is InChI=1S/C30H59NO2S2/c32-29(33)27-25-23-21-19-17-15-13-11-9-7-5-3-1-2-4-6-8-10-12-14-16-18-20-22-24-26-28-31-30(34)35/h1-28H2,(H,32,33)(H2,31,34,35). The molecule has 0 aliphatic heterocycles. The van der Waals surface area contributed by atoms with Crippen molar-refractivity contribution in [2.45, 2.75) is 173 Å². The number of thiocarbonyl (C=S) groups is 1. The second-order valence-corrected chi connectivity index (χ2v) is 11.7. The molecule has 0 atom stereocenters. The summed E-state index contributed by atoms with van der Waals surface area (Å²) in [6.07, 6.45) is 35.6. The lowest BCUT2D eigenvalue weighted by molar-refractivity contribution is -0.137. The van der Waals surface area contributed by atoms with Crippen LogP contribution in [0.4, 0.5) is 0 Å². The molecule has 0 unspecified atom stereocenters. The summed E-state index contributed by atoms with van der Waals surface area (Å²) in [7, 11) is 0. The first-order valence-electron chi connectivity index (χ1n) is 15.3. The molecule has 0 rings (SSSR count). The largest absolute Gasteiger partial charge is 0.481 e. The summed E-state index contributed by atoms with van der Waals surface area (Å²) in [6.45, 7) is 0.977. The molecule has 3 nitrogen and oxygen atoms in total. The van der Waals surface area contributed by atoms with E-state index in [9.17, 15) is 4.79 Å². The van der Waals surface area contributed by atoms with Crippen molar-refractivity contribution in [2.75, 3.05) is 6.54 Å². The predicted octanol–water partition coefficient (Wildman–Crippen LogP) is 10.4. The zero-order valence-electron chi connectivity index (χ0n) is 23.0. The van der Waals surface area contributed by atoms with Crippen molar-refractivity contribution in [3.8, 4) is 0 Å². The molecule has 5 heteroatoms. The zero-order chi connectivity index (χ0) is 25.7. The maximum atomic E-state index is 10.5. The number of hydrogen-bond acceptors (Lipinski definition) is 2. The van der Waals surface area contributed by atoms with E-state index in [2.05, 4.69) is 17.9 Å². The van der Waals surface area contributed by atoms with Crippen LogP contribution in [-0.2, 0) is 4.79 Å². The van der Waals surface area contributed by atoms with E-state index < -0.39 is 5.97 Å². The van der Waals surface area contributed by atoms with E-state index in [0.29, 0.717) is 10.7 Å². The molecule has 0 aromatic heterocycles. The van der Waals surface area contributed by atoms with Gasteiger partial charge in [-0.25, -0.2) is 0 Å². The van der Waals surface area contributed by atoms with Crippen molar-refractivity contribution in [3.63, 3.8) is 0 Å². The summed E-state index contributed by atoms with van der Waals surface area (Å²) < 4.78 is 0.620. The lowest BCUT2D eigenvalue weighted by Gasteiger charge is -2.05. The van der Waals surface area contributed by atoms with Gasteiger partial charge in [-0.05, 0) is 12.8 Å². The Balaban J connectivity index is 3.03. The molecule has 0 radical (unpaired) electrons. The smallest absolute Gasteiger partial charge is 0.303 e. The highest BCUT2D eigenvalue weighted by atomic mass is 32.1. The molecule has 35 heavy (non-hydrogen) atoms. The highest BCUT2D eigenvalue weighted by molar-refractivity contribution is 8.11. The van der Waals surface area contributed by atoms with Gasteiger partial charge in [0.1, 0.15) is 4.32 Å². The van der Waals surface area contributed by atoms with Gasteiger partial charge >= 0.3 is 5.97 Å². The van der Waals surface area contributed by atoms with Crippen molar-refractivity contribution in [1.82, 2.24) is 5.32 Å². The molecule has 0 aliphatic rings. The Hall–Kier alpha value is -0.290. The Bertz CT molecular complexity index is 420. The molecule has 0 aliphatic carbocycles. The van der Waals surface area contributed by atoms with Crippen molar-refractivity contribution in [3.05, 3.63) is 0 Å². The highest BCUT2D eigenvalue weighted by Crippen LogP contribution is 2.16. The molecule has 0 saturated heterocycles. The number of unbranched alkanes of at least 4 members (excludes halogenated alkanes) is 25. The zero-order valence-corrected chi connectivity index (χ0v) is 24.7. The van der Waals surface area contributed by atoms with Crippen LogP contribution in [0.1, 0.15) is 173 Å². The molecule has 208 valence electrons. The molecule has 0 fully saturated rings. The fraction of sp³-hybridized carbons (Fsp3) is 0.933. The van der Waals surface area contributed by atoms with Crippen LogP contribution in [-0.4, -0.2) is 21.9 Å². The molecule has 2 N–H and O–H groups in total. The van der Waals surface area contributed by atoms with Gasteiger partial charge in [-0.1, -0.05) is 166 Å². The summed E-state index contributed by atoms with van der Waals surface area (Å²) in [4.78, 5) is 10.5. The van der Waals surface area contributed by atoms with Crippen molar-refractivity contribution >= 4 is 35.1 Å². The third-order valence-electron chi connectivity index (χ3n) is 7.09. The van der Waals surface area contributed by atoms with Crippen molar-refractivity contribution < 1.29 is 9.90 Å². The Morgan fingerprint density at radius 1 is 0.486 bits per heavy atom. The molecule has 0 heterocycles. The fourth-order valence-corrected chi connectivity index (χ4v) is 5.05. The monoisotopic (exact) mass is 529 g/mol. The molecular formula is C30H59NO2S2. The number of hydrogen-bond donors (Lipinski definition) is 3. The first-order valence-corrected chi connectivity index (χ1v) is 16.2. The maximum Gasteiger partial charge on any atom is 0.303 e. The van der Waals surface area contributed by atoms with Crippen LogP contribution in [0.15, 0.2) is 0 Å². The van der Waals surface area contributed by atoms with Gasteiger partial charge in [0, 0.05) is 13.0 Å². The summed E-state index contributed by atoms with van der Waals surface area (Å²) in [6, 6.07) is 0. The van der Waals surface area contributed by atoms with E-state index in [-0.39, 0.29) is 0 Å². The van der Waals surface area contributed by atoms with Crippen molar-refractivity contribution in [1.29, 1.82) is 0 Å². The van der Waals surface area contributed by atoms with Crippen LogP contribution in [0.5, 0.6) is 0 Å². The van der Waals surface area contributed by atoms with Gasteiger partial charge in [-0.2, -0.15) is 0 Å². The number of nitrogens with one attached hydrogen (secondary N) is 1. The van der Waals surface area contributed by atoms with Gasteiger partial charge in [-0.15, -0.1) is 12.6 Å². The number of aliphatic carboxylic acids is 1. The second kappa shape index (κ2) is 29.9. The summed E-state index contributed by atoms with van der Waals surface area (Å²) in [5, 5.41) is 11.7. The van der Waals surface area contributed by atoms with E-state index in [1.165, 1.54) is 154 Å². The Kier molecular flexibility index (Phi) is 29.7. The SMILES string of the molecule is O=C(O)CCCCCCCCCCCCCCCCCCCCCCCCCCCCNC(=S)S. The van der Waals surface area contributed by atoms with E-state index in [1.54, 1.807) is 0 Å². The van der Waals surface area contributed by atoms with Crippen LogP contribution < -0.4 is 5.32 Å². The van der Waals surface area contributed by atoms with Crippen molar-refractivity contribution in [2.24, 2.45) is 0 Å². The number of carboxylic acid groups (broad SMARTS) is 1. The third-order valence-corrected chi connectivity index (χ3v) is 7.40. The van der Waals surface area contributed by atoms with Crippen LogP contribution in [0.25, 0.3) is 0 Å². The summed E-state index contributed by atoms with van der Waals surface area (Å²) in [5.74, 6) is -0.653. The van der Waals surface area contributed by atoms with Gasteiger partial charge in [0.15, 0.2) is 0 Å². The van der Waals surface area contributed by atoms with Crippen LogP contribution in [0, 0.1) is 0 Å². The first kappa shape index (κ1) is 34.7. The number of carboxylic acids is 1. The number of rotatable bonds is 29. The highest BCUT2D eigenvalue weighted by Gasteiger charge is 1.98. The molecule has 0 amide bonds.